The Hall–Kier alpha value is -2.89. The minimum absolute atomic E-state index is 0.0862. The molecule has 176 valence electrons. The summed E-state index contributed by atoms with van der Waals surface area (Å²) in [7, 11) is 3.16. The Labute approximate surface area is 197 Å². The van der Waals surface area contributed by atoms with Crippen LogP contribution in [0.4, 0.5) is 5.95 Å². The molecule has 0 aromatic carbocycles. The van der Waals surface area contributed by atoms with Gasteiger partial charge in [0.1, 0.15) is 11.4 Å². The molecule has 0 spiro atoms. The van der Waals surface area contributed by atoms with E-state index < -0.39 is 0 Å². The molecule has 1 fully saturated rings. The van der Waals surface area contributed by atoms with Crippen LogP contribution >= 0.6 is 11.3 Å². The van der Waals surface area contributed by atoms with Gasteiger partial charge in [-0.1, -0.05) is 0 Å². The van der Waals surface area contributed by atoms with Gasteiger partial charge in [-0.3, -0.25) is 9.69 Å². The Kier molecular flexibility index (Phi) is 7.63. The summed E-state index contributed by atoms with van der Waals surface area (Å²) < 4.78 is 10.6. The average Bonchev–Trinajstić information content (AvgIpc) is 3.18. The number of ether oxygens (including phenoxy) is 2. The van der Waals surface area contributed by atoms with Crippen LogP contribution in [0.5, 0.6) is 5.88 Å². The number of aryl methyl sites for hydroxylation is 1. The standard InChI is InChI=1S/C22H29N7O3S/c1-15-17-20(32-3)26-16(14-31-2)27-21(17)33-18(15)19(30)23-8-5-9-28-10-12-29(13-11-28)22-24-6-4-7-25-22/h4,6-7H,5,8-14H2,1-3H3,(H,23,30). The van der Waals surface area contributed by atoms with Crippen molar-refractivity contribution in [3.05, 3.63) is 34.7 Å². The molecule has 0 unspecified atom stereocenters. The number of aromatic nitrogens is 4. The van der Waals surface area contributed by atoms with Crippen molar-refractivity contribution < 1.29 is 14.3 Å². The fourth-order valence-electron chi connectivity index (χ4n) is 3.91. The van der Waals surface area contributed by atoms with Gasteiger partial charge < -0.3 is 19.7 Å². The van der Waals surface area contributed by atoms with E-state index in [0.29, 0.717) is 23.1 Å². The Morgan fingerprint density at radius 3 is 2.61 bits per heavy atom. The zero-order valence-corrected chi connectivity index (χ0v) is 20.0. The maximum absolute atomic E-state index is 12.8. The van der Waals surface area contributed by atoms with Crippen molar-refractivity contribution in [3.8, 4) is 5.88 Å². The van der Waals surface area contributed by atoms with Crippen LogP contribution in [-0.2, 0) is 11.3 Å². The Balaban J connectivity index is 1.28. The van der Waals surface area contributed by atoms with Crippen LogP contribution in [0, 0.1) is 6.92 Å². The highest BCUT2D eigenvalue weighted by molar-refractivity contribution is 7.20. The highest BCUT2D eigenvalue weighted by Gasteiger charge is 2.22. The molecular weight excluding hydrogens is 442 g/mol. The third-order valence-corrected chi connectivity index (χ3v) is 6.80. The van der Waals surface area contributed by atoms with Crippen LogP contribution < -0.4 is 15.0 Å². The summed E-state index contributed by atoms with van der Waals surface area (Å²) in [6.07, 6.45) is 4.44. The fourth-order valence-corrected chi connectivity index (χ4v) is 5.02. The first-order chi connectivity index (χ1) is 16.1. The van der Waals surface area contributed by atoms with Gasteiger partial charge in [0, 0.05) is 52.2 Å². The number of piperazine rings is 1. The molecule has 0 bridgehead atoms. The van der Waals surface area contributed by atoms with Gasteiger partial charge in [-0.05, 0) is 31.5 Å². The Morgan fingerprint density at radius 1 is 1.15 bits per heavy atom. The second kappa shape index (κ2) is 10.8. The van der Waals surface area contributed by atoms with Gasteiger partial charge in [-0.2, -0.15) is 4.98 Å². The highest BCUT2D eigenvalue weighted by atomic mass is 32.1. The van der Waals surface area contributed by atoms with Gasteiger partial charge in [0.25, 0.3) is 5.91 Å². The van der Waals surface area contributed by atoms with E-state index in [-0.39, 0.29) is 12.5 Å². The number of fused-ring (bicyclic) bond motifs is 1. The van der Waals surface area contributed by atoms with Crippen LogP contribution in [0.15, 0.2) is 18.5 Å². The fraction of sp³-hybridized carbons (Fsp3) is 0.500. The molecular formula is C22H29N7O3S. The van der Waals surface area contributed by atoms with E-state index in [4.69, 9.17) is 9.47 Å². The molecule has 0 saturated carbocycles. The lowest BCUT2D eigenvalue weighted by molar-refractivity contribution is 0.0955. The van der Waals surface area contributed by atoms with Crippen molar-refractivity contribution >= 4 is 33.4 Å². The topological polar surface area (TPSA) is 106 Å². The van der Waals surface area contributed by atoms with Crippen molar-refractivity contribution in [2.24, 2.45) is 0 Å². The minimum Gasteiger partial charge on any atom is -0.480 e. The van der Waals surface area contributed by atoms with E-state index in [9.17, 15) is 4.79 Å². The lowest BCUT2D eigenvalue weighted by atomic mass is 10.2. The molecule has 3 aromatic heterocycles. The lowest BCUT2D eigenvalue weighted by Gasteiger charge is -2.34. The second-order valence-corrected chi connectivity index (χ2v) is 8.80. The van der Waals surface area contributed by atoms with Crippen molar-refractivity contribution in [2.75, 3.05) is 58.4 Å². The van der Waals surface area contributed by atoms with Gasteiger partial charge in [0.05, 0.1) is 17.4 Å². The van der Waals surface area contributed by atoms with Gasteiger partial charge in [0.15, 0.2) is 5.82 Å². The number of hydrogen-bond acceptors (Lipinski definition) is 10. The number of anilines is 1. The molecule has 4 rings (SSSR count). The number of nitrogens with zero attached hydrogens (tertiary/aromatic N) is 6. The number of thiophene rings is 1. The second-order valence-electron chi connectivity index (χ2n) is 7.81. The minimum atomic E-state index is -0.0862. The maximum Gasteiger partial charge on any atom is 0.261 e. The summed E-state index contributed by atoms with van der Waals surface area (Å²) in [5.74, 6) is 1.71. The van der Waals surface area contributed by atoms with Crippen LogP contribution in [0.1, 0.15) is 27.5 Å². The predicted molar refractivity (Wildman–Crippen MR) is 127 cm³/mol. The van der Waals surface area contributed by atoms with Crippen LogP contribution in [-0.4, -0.2) is 84.2 Å². The molecule has 4 heterocycles. The molecule has 1 amide bonds. The van der Waals surface area contributed by atoms with E-state index in [1.807, 2.05) is 13.0 Å². The van der Waals surface area contributed by atoms with Crippen LogP contribution in [0.2, 0.25) is 0 Å². The smallest absolute Gasteiger partial charge is 0.261 e. The van der Waals surface area contributed by atoms with Crippen molar-refractivity contribution in [3.63, 3.8) is 0 Å². The monoisotopic (exact) mass is 471 g/mol. The number of nitrogens with one attached hydrogen (secondary N) is 1. The van der Waals surface area contributed by atoms with E-state index in [2.05, 4.69) is 35.1 Å². The zero-order chi connectivity index (χ0) is 23.2. The molecule has 0 aliphatic carbocycles. The van der Waals surface area contributed by atoms with Gasteiger partial charge in [0.2, 0.25) is 11.8 Å². The molecule has 1 aliphatic rings. The predicted octanol–water partition coefficient (Wildman–Crippen LogP) is 1.89. The van der Waals surface area contributed by atoms with E-state index in [1.165, 1.54) is 11.3 Å². The number of methoxy groups -OCH3 is 2. The van der Waals surface area contributed by atoms with E-state index in [0.717, 1.165) is 60.9 Å². The normalized spacial score (nSPS) is 14.6. The van der Waals surface area contributed by atoms with E-state index in [1.54, 1.807) is 26.6 Å². The first-order valence-corrected chi connectivity index (χ1v) is 11.8. The number of carbonyl (C=O) groups is 1. The van der Waals surface area contributed by atoms with Crippen molar-refractivity contribution in [2.45, 2.75) is 20.0 Å². The first-order valence-electron chi connectivity index (χ1n) is 11.0. The quantitative estimate of drug-likeness (QED) is 0.468. The molecule has 1 N–H and O–H groups in total. The molecule has 1 aliphatic heterocycles. The summed E-state index contributed by atoms with van der Waals surface area (Å²) in [5, 5.41) is 3.84. The van der Waals surface area contributed by atoms with Gasteiger partial charge in [-0.15, -0.1) is 11.3 Å². The molecule has 33 heavy (non-hydrogen) atoms. The Morgan fingerprint density at radius 2 is 1.91 bits per heavy atom. The van der Waals surface area contributed by atoms with Gasteiger partial charge >= 0.3 is 0 Å². The largest absolute Gasteiger partial charge is 0.480 e. The molecule has 3 aromatic rings. The van der Waals surface area contributed by atoms with Gasteiger partial charge in [-0.25, -0.2) is 15.0 Å². The number of rotatable bonds is 9. The Bertz CT molecular complexity index is 1080. The SMILES string of the molecule is COCc1nc(OC)c2c(C)c(C(=O)NCCCN3CCN(c4ncccn4)CC3)sc2n1. The summed E-state index contributed by atoms with van der Waals surface area (Å²) in [5.41, 5.74) is 0.840. The summed E-state index contributed by atoms with van der Waals surface area (Å²) in [6.45, 7) is 7.49. The average molecular weight is 472 g/mol. The highest BCUT2D eigenvalue weighted by Crippen LogP contribution is 2.35. The number of hydrogen-bond donors (Lipinski definition) is 1. The number of carbonyl (C=O) groups excluding carboxylic acids is 1. The zero-order valence-electron chi connectivity index (χ0n) is 19.2. The van der Waals surface area contributed by atoms with Crippen LogP contribution in [0.3, 0.4) is 0 Å². The summed E-state index contributed by atoms with van der Waals surface area (Å²) >= 11 is 1.36. The van der Waals surface area contributed by atoms with Crippen molar-refractivity contribution in [1.82, 2.24) is 30.2 Å². The molecule has 0 radical (unpaired) electrons. The molecule has 0 atom stereocenters. The lowest BCUT2D eigenvalue weighted by Crippen LogP contribution is -2.47. The maximum atomic E-state index is 12.8. The number of amides is 1. The third kappa shape index (κ3) is 5.37. The molecule has 1 saturated heterocycles. The van der Waals surface area contributed by atoms with Crippen molar-refractivity contribution in [1.29, 1.82) is 0 Å². The third-order valence-electron chi connectivity index (χ3n) is 5.62. The molecule has 10 nitrogen and oxygen atoms in total. The summed E-state index contributed by atoms with van der Waals surface area (Å²) in [4.78, 5) is 36.4. The van der Waals surface area contributed by atoms with Crippen LogP contribution in [0.25, 0.3) is 10.2 Å². The molecule has 11 heteroatoms. The van der Waals surface area contributed by atoms with E-state index >= 15 is 0 Å². The summed E-state index contributed by atoms with van der Waals surface area (Å²) in [6, 6.07) is 1.83. The first kappa shape index (κ1) is 23.3.